The summed E-state index contributed by atoms with van der Waals surface area (Å²) in [7, 11) is 0. The highest BCUT2D eigenvalue weighted by molar-refractivity contribution is 9.10. The van der Waals surface area contributed by atoms with Gasteiger partial charge in [0, 0.05) is 23.0 Å². The van der Waals surface area contributed by atoms with Crippen molar-refractivity contribution < 1.29 is 14.4 Å². The number of hydrogen-bond acceptors (Lipinski definition) is 5. The lowest BCUT2D eigenvalue weighted by Crippen LogP contribution is -2.52. The summed E-state index contributed by atoms with van der Waals surface area (Å²) in [5.41, 5.74) is 7.40. The summed E-state index contributed by atoms with van der Waals surface area (Å²) in [5.74, 6) is -1.14. The first-order valence-corrected chi connectivity index (χ1v) is 7.39. The third kappa shape index (κ3) is 2.05. The normalized spacial score (nSPS) is 20.6. The molecular formula is C14H11BrN4O3. The number of halogens is 1. The quantitative estimate of drug-likeness (QED) is 0.562. The molecule has 1 saturated heterocycles. The number of imide groups is 1. The van der Waals surface area contributed by atoms with Crippen LogP contribution < -0.4 is 11.1 Å². The van der Waals surface area contributed by atoms with Crippen molar-refractivity contribution in [3.8, 4) is 6.07 Å². The fraction of sp³-hybridized carbons (Fsp3) is 0.286. The highest BCUT2D eigenvalue weighted by Crippen LogP contribution is 2.37. The van der Waals surface area contributed by atoms with Gasteiger partial charge in [0.25, 0.3) is 5.91 Å². The highest BCUT2D eigenvalue weighted by Gasteiger charge is 2.41. The molecule has 22 heavy (non-hydrogen) atoms. The molecule has 1 aromatic rings. The molecule has 0 saturated carbocycles. The second-order valence-electron chi connectivity index (χ2n) is 5.18. The summed E-state index contributed by atoms with van der Waals surface area (Å²) in [5, 5.41) is 11.3. The molecule has 3 amide bonds. The van der Waals surface area contributed by atoms with E-state index in [4.69, 9.17) is 11.0 Å². The van der Waals surface area contributed by atoms with Gasteiger partial charge in [0.05, 0.1) is 16.8 Å². The van der Waals surface area contributed by atoms with Gasteiger partial charge in [-0.3, -0.25) is 19.7 Å². The lowest BCUT2D eigenvalue weighted by Gasteiger charge is -2.29. The van der Waals surface area contributed by atoms with Crippen molar-refractivity contribution in [2.45, 2.75) is 25.4 Å². The molecule has 1 fully saturated rings. The predicted octanol–water partition coefficient (Wildman–Crippen LogP) is 0.664. The van der Waals surface area contributed by atoms with Gasteiger partial charge in [0.15, 0.2) is 0 Å². The zero-order valence-electron chi connectivity index (χ0n) is 11.4. The van der Waals surface area contributed by atoms with Gasteiger partial charge in [-0.15, -0.1) is 0 Å². The summed E-state index contributed by atoms with van der Waals surface area (Å²) >= 11 is 3.28. The van der Waals surface area contributed by atoms with Crippen molar-refractivity contribution in [3.63, 3.8) is 0 Å². The van der Waals surface area contributed by atoms with E-state index in [-0.39, 0.29) is 42.5 Å². The van der Waals surface area contributed by atoms with E-state index < -0.39 is 11.9 Å². The van der Waals surface area contributed by atoms with E-state index in [2.05, 4.69) is 21.2 Å². The average molecular weight is 363 g/mol. The number of nitriles is 1. The van der Waals surface area contributed by atoms with Gasteiger partial charge in [0.1, 0.15) is 12.1 Å². The minimum absolute atomic E-state index is 0.153. The van der Waals surface area contributed by atoms with Crippen molar-refractivity contribution in [2.75, 3.05) is 5.73 Å². The Hall–Kier alpha value is -2.40. The molecule has 1 atom stereocenters. The highest BCUT2D eigenvalue weighted by atomic mass is 79.9. The van der Waals surface area contributed by atoms with Crippen LogP contribution in [0.2, 0.25) is 0 Å². The number of carbonyl (C=O) groups is 3. The van der Waals surface area contributed by atoms with E-state index in [9.17, 15) is 14.4 Å². The molecule has 7 nitrogen and oxygen atoms in total. The molecule has 8 heteroatoms. The van der Waals surface area contributed by atoms with Crippen LogP contribution in [0.4, 0.5) is 5.69 Å². The van der Waals surface area contributed by atoms with Crippen LogP contribution in [-0.2, 0) is 16.1 Å². The summed E-state index contributed by atoms with van der Waals surface area (Å²) < 4.78 is 0.480. The van der Waals surface area contributed by atoms with Gasteiger partial charge in [-0.2, -0.15) is 5.26 Å². The molecule has 0 aromatic heterocycles. The number of carbonyl (C=O) groups excluding carboxylic acids is 3. The summed E-state index contributed by atoms with van der Waals surface area (Å²) in [6.45, 7) is 0.153. The second-order valence-corrected chi connectivity index (χ2v) is 6.04. The molecule has 2 aliphatic rings. The molecule has 3 N–H and O–H groups in total. The summed E-state index contributed by atoms with van der Waals surface area (Å²) in [6, 6.07) is 2.78. The fourth-order valence-electron chi connectivity index (χ4n) is 2.82. The molecule has 2 aliphatic heterocycles. The Morgan fingerprint density at radius 3 is 2.77 bits per heavy atom. The SMILES string of the molecule is N#Cc1cc(Br)c2c(c1N)CN(C1CCC(=O)NC1=O)C2=O. The molecular weight excluding hydrogens is 352 g/mol. The molecule has 0 bridgehead atoms. The van der Waals surface area contributed by atoms with E-state index in [0.717, 1.165) is 0 Å². The first kappa shape index (κ1) is 14.5. The number of benzene rings is 1. The summed E-state index contributed by atoms with van der Waals surface area (Å²) in [4.78, 5) is 37.2. The smallest absolute Gasteiger partial charge is 0.256 e. The van der Waals surface area contributed by atoms with E-state index in [1.54, 1.807) is 0 Å². The molecule has 0 spiro atoms. The van der Waals surface area contributed by atoms with Crippen molar-refractivity contribution >= 4 is 39.3 Å². The molecule has 1 unspecified atom stereocenters. The van der Waals surface area contributed by atoms with Gasteiger partial charge in [-0.1, -0.05) is 0 Å². The number of rotatable bonds is 1. The molecule has 112 valence electrons. The van der Waals surface area contributed by atoms with Gasteiger partial charge >= 0.3 is 0 Å². The van der Waals surface area contributed by atoms with Crippen LogP contribution in [0.3, 0.4) is 0 Å². The number of hydrogen-bond donors (Lipinski definition) is 2. The van der Waals surface area contributed by atoms with Crippen LogP contribution >= 0.6 is 15.9 Å². The Kier molecular flexibility index (Phi) is 3.37. The number of amides is 3. The maximum atomic E-state index is 12.6. The van der Waals surface area contributed by atoms with Crippen LogP contribution in [0.15, 0.2) is 10.5 Å². The largest absolute Gasteiger partial charge is 0.397 e. The van der Waals surface area contributed by atoms with Crippen LogP contribution in [0.5, 0.6) is 0 Å². The van der Waals surface area contributed by atoms with Crippen LogP contribution in [0.25, 0.3) is 0 Å². The third-order valence-electron chi connectivity index (χ3n) is 3.94. The molecule has 3 rings (SSSR count). The van der Waals surface area contributed by atoms with Crippen LogP contribution in [-0.4, -0.2) is 28.7 Å². The van der Waals surface area contributed by atoms with Gasteiger partial charge in [0.2, 0.25) is 11.8 Å². The number of nitrogens with one attached hydrogen (secondary N) is 1. The predicted molar refractivity (Wildman–Crippen MR) is 79.3 cm³/mol. The zero-order chi connectivity index (χ0) is 16.0. The van der Waals surface area contributed by atoms with Gasteiger partial charge in [-0.25, -0.2) is 0 Å². The summed E-state index contributed by atoms with van der Waals surface area (Å²) in [6.07, 6.45) is 0.476. The van der Waals surface area contributed by atoms with E-state index in [0.29, 0.717) is 15.6 Å². The van der Waals surface area contributed by atoms with Crippen LogP contribution in [0.1, 0.15) is 34.3 Å². The molecule has 0 radical (unpaired) electrons. The minimum atomic E-state index is -0.700. The first-order valence-electron chi connectivity index (χ1n) is 6.59. The maximum absolute atomic E-state index is 12.6. The Bertz CT molecular complexity index is 768. The zero-order valence-corrected chi connectivity index (χ0v) is 12.9. The van der Waals surface area contributed by atoms with Crippen molar-refractivity contribution in [1.29, 1.82) is 5.26 Å². The fourth-order valence-corrected chi connectivity index (χ4v) is 3.46. The number of nitrogen functional groups attached to an aromatic ring is 1. The van der Waals surface area contributed by atoms with Crippen molar-refractivity contribution in [2.24, 2.45) is 0 Å². The van der Waals surface area contributed by atoms with E-state index in [1.165, 1.54) is 11.0 Å². The molecule has 2 heterocycles. The topological polar surface area (TPSA) is 116 Å². The van der Waals surface area contributed by atoms with Crippen LogP contribution in [0, 0.1) is 11.3 Å². The molecule has 1 aromatic carbocycles. The third-order valence-corrected chi connectivity index (χ3v) is 4.56. The Morgan fingerprint density at radius 2 is 2.14 bits per heavy atom. The number of piperidine rings is 1. The second kappa shape index (κ2) is 5.10. The lowest BCUT2D eigenvalue weighted by atomic mass is 10.0. The molecule has 0 aliphatic carbocycles. The number of fused-ring (bicyclic) bond motifs is 1. The monoisotopic (exact) mass is 362 g/mol. The Balaban J connectivity index is 2.00. The van der Waals surface area contributed by atoms with Gasteiger partial charge in [-0.05, 0) is 28.4 Å². The van der Waals surface area contributed by atoms with Gasteiger partial charge < -0.3 is 10.6 Å². The van der Waals surface area contributed by atoms with Crippen molar-refractivity contribution in [1.82, 2.24) is 10.2 Å². The Morgan fingerprint density at radius 1 is 1.41 bits per heavy atom. The average Bonchev–Trinajstić information content (AvgIpc) is 2.81. The van der Waals surface area contributed by atoms with E-state index >= 15 is 0 Å². The Labute approximate surface area is 134 Å². The number of nitrogens with two attached hydrogens (primary N) is 1. The minimum Gasteiger partial charge on any atom is -0.397 e. The number of nitrogens with zero attached hydrogens (tertiary/aromatic N) is 2. The van der Waals surface area contributed by atoms with Crippen molar-refractivity contribution in [3.05, 3.63) is 27.2 Å². The van der Waals surface area contributed by atoms with E-state index in [1.807, 2.05) is 6.07 Å². The first-order chi connectivity index (χ1) is 10.4. The lowest BCUT2D eigenvalue weighted by molar-refractivity contribution is -0.136. The number of anilines is 1. The standard InChI is InChI=1S/C14H11BrN4O3/c15-8-3-6(4-16)12(17)7-5-19(14(22)11(7)8)9-1-2-10(20)18-13(9)21/h3,9H,1-2,5,17H2,(H,18,20,21). The maximum Gasteiger partial charge on any atom is 0.256 e.